The number of nitrogens with zero attached hydrogens (tertiary/aromatic N) is 1. The average Bonchev–Trinajstić information content (AvgIpc) is 2.66. The van der Waals surface area contributed by atoms with Crippen LogP contribution in [0.15, 0.2) is 5.16 Å². The lowest BCUT2D eigenvalue weighted by Gasteiger charge is -2.27. The van der Waals surface area contributed by atoms with Gasteiger partial charge in [-0.25, -0.2) is 0 Å². The molecule has 2 fully saturated rings. The summed E-state index contributed by atoms with van der Waals surface area (Å²) in [5, 5.41) is 21.5. The summed E-state index contributed by atoms with van der Waals surface area (Å²) in [6, 6.07) is 0. The lowest BCUT2D eigenvalue weighted by atomic mass is 9.95. The van der Waals surface area contributed by atoms with E-state index in [1.807, 2.05) is 0 Å². The molecule has 0 amide bonds. The molecule has 2 saturated carbocycles. The maximum Gasteiger partial charge on any atom is 0.0837 e. The third kappa shape index (κ3) is 2.69. The summed E-state index contributed by atoms with van der Waals surface area (Å²) in [4.78, 5) is 0. The van der Waals surface area contributed by atoms with Crippen LogP contribution < -0.4 is 0 Å². The van der Waals surface area contributed by atoms with Gasteiger partial charge in [-0.2, -0.15) is 0 Å². The molecule has 4 heteroatoms. The molecule has 0 spiro atoms. The van der Waals surface area contributed by atoms with Crippen LogP contribution in [-0.4, -0.2) is 34.3 Å². The number of oxime groups is 1. The van der Waals surface area contributed by atoms with Crippen molar-refractivity contribution in [1.82, 2.24) is 0 Å². The normalized spacial score (nSPS) is 36.9. The first-order chi connectivity index (χ1) is 7.29. The molecule has 2 N–H and O–H groups in total. The highest BCUT2D eigenvalue weighted by Gasteiger charge is 2.29. The van der Waals surface area contributed by atoms with Crippen LogP contribution in [0, 0.1) is 0 Å². The van der Waals surface area contributed by atoms with Gasteiger partial charge in [-0.15, -0.1) is 0 Å². The zero-order valence-corrected chi connectivity index (χ0v) is 8.93. The number of aliphatic hydroxyl groups excluding tert-OH is 1. The number of ether oxygens (including phenoxy) is 1. The lowest BCUT2D eigenvalue weighted by Crippen LogP contribution is -2.31. The fourth-order valence-electron chi connectivity index (χ4n) is 2.47. The van der Waals surface area contributed by atoms with E-state index in [4.69, 9.17) is 9.94 Å². The van der Waals surface area contributed by atoms with Crippen molar-refractivity contribution in [1.29, 1.82) is 0 Å². The summed E-state index contributed by atoms with van der Waals surface area (Å²) in [6.45, 7) is 0. The van der Waals surface area contributed by atoms with Crippen LogP contribution in [0.25, 0.3) is 0 Å². The smallest absolute Gasteiger partial charge is 0.0837 e. The predicted octanol–water partition coefficient (Wildman–Crippen LogP) is 1.69. The van der Waals surface area contributed by atoms with Crippen molar-refractivity contribution in [2.75, 3.05) is 0 Å². The molecule has 0 saturated heterocycles. The molecule has 2 aliphatic rings. The van der Waals surface area contributed by atoms with E-state index in [0.29, 0.717) is 0 Å². The van der Waals surface area contributed by atoms with E-state index in [-0.39, 0.29) is 18.3 Å². The highest BCUT2D eigenvalue weighted by Crippen LogP contribution is 2.27. The first-order valence-corrected chi connectivity index (χ1v) is 5.83. The van der Waals surface area contributed by atoms with Gasteiger partial charge in [0.2, 0.25) is 0 Å². The fourth-order valence-corrected chi connectivity index (χ4v) is 2.47. The minimum Gasteiger partial charge on any atom is -0.411 e. The van der Waals surface area contributed by atoms with E-state index in [1.54, 1.807) is 0 Å². The van der Waals surface area contributed by atoms with Crippen LogP contribution in [0.2, 0.25) is 0 Å². The Labute approximate surface area is 89.9 Å². The van der Waals surface area contributed by atoms with Gasteiger partial charge in [-0.05, 0) is 44.9 Å². The van der Waals surface area contributed by atoms with Gasteiger partial charge >= 0.3 is 0 Å². The summed E-state index contributed by atoms with van der Waals surface area (Å²) in [5.41, 5.74) is 0.877. The van der Waals surface area contributed by atoms with E-state index < -0.39 is 0 Å². The number of hydrogen-bond acceptors (Lipinski definition) is 4. The van der Waals surface area contributed by atoms with Crippen LogP contribution in [0.3, 0.4) is 0 Å². The number of rotatable bonds is 2. The first kappa shape index (κ1) is 10.9. The number of aliphatic hydroxyl groups is 1. The minimum atomic E-state index is -0.266. The monoisotopic (exact) mass is 213 g/mol. The average molecular weight is 213 g/mol. The van der Waals surface area contributed by atoms with E-state index in [2.05, 4.69) is 5.16 Å². The summed E-state index contributed by atoms with van der Waals surface area (Å²) in [5.74, 6) is 0. The molecule has 2 aliphatic carbocycles. The zero-order chi connectivity index (χ0) is 10.7. The van der Waals surface area contributed by atoms with Crippen molar-refractivity contribution in [3.63, 3.8) is 0 Å². The third-order valence-corrected chi connectivity index (χ3v) is 3.44. The maximum atomic E-state index is 9.63. The zero-order valence-electron chi connectivity index (χ0n) is 8.93. The van der Waals surface area contributed by atoms with Crippen molar-refractivity contribution < 1.29 is 15.1 Å². The van der Waals surface area contributed by atoms with E-state index in [9.17, 15) is 5.11 Å². The van der Waals surface area contributed by atoms with Crippen LogP contribution in [0.5, 0.6) is 0 Å². The molecule has 0 aromatic rings. The van der Waals surface area contributed by atoms with E-state index >= 15 is 0 Å². The summed E-state index contributed by atoms with van der Waals surface area (Å²) >= 11 is 0. The van der Waals surface area contributed by atoms with Crippen molar-refractivity contribution in [2.24, 2.45) is 5.16 Å². The van der Waals surface area contributed by atoms with Gasteiger partial charge in [-0.3, -0.25) is 0 Å². The summed E-state index contributed by atoms with van der Waals surface area (Å²) in [7, 11) is 0. The predicted molar refractivity (Wildman–Crippen MR) is 56.2 cm³/mol. The molecular weight excluding hydrogens is 194 g/mol. The molecular formula is C11H19NO3. The Bertz CT molecular complexity index is 232. The number of hydrogen-bond donors (Lipinski definition) is 2. The van der Waals surface area contributed by atoms with Crippen molar-refractivity contribution >= 4 is 5.71 Å². The van der Waals surface area contributed by atoms with Gasteiger partial charge in [0.05, 0.1) is 24.0 Å². The Morgan fingerprint density at radius 1 is 1.13 bits per heavy atom. The summed E-state index contributed by atoms with van der Waals surface area (Å²) < 4.78 is 5.87. The van der Waals surface area contributed by atoms with Gasteiger partial charge in [0, 0.05) is 0 Å². The van der Waals surface area contributed by atoms with E-state index in [0.717, 1.165) is 50.7 Å². The molecule has 4 nitrogen and oxygen atoms in total. The Morgan fingerprint density at radius 3 is 2.40 bits per heavy atom. The fraction of sp³-hybridized carbons (Fsp3) is 0.909. The second-order valence-electron chi connectivity index (χ2n) is 4.54. The molecule has 86 valence electrons. The molecule has 0 radical (unpaired) electrons. The van der Waals surface area contributed by atoms with Crippen molar-refractivity contribution in [2.45, 2.75) is 63.3 Å². The van der Waals surface area contributed by atoms with Gasteiger partial charge in [0.25, 0.3) is 0 Å². The summed E-state index contributed by atoms with van der Waals surface area (Å²) in [6.07, 6.45) is 6.44. The Kier molecular flexibility index (Phi) is 3.59. The molecule has 0 aromatic heterocycles. The van der Waals surface area contributed by atoms with Gasteiger partial charge < -0.3 is 15.1 Å². The van der Waals surface area contributed by atoms with Crippen LogP contribution in [0.1, 0.15) is 44.9 Å². The molecule has 2 unspecified atom stereocenters. The maximum absolute atomic E-state index is 9.63. The molecule has 15 heavy (non-hydrogen) atoms. The van der Waals surface area contributed by atoms with Gasteiger partial charge in [0.1, 0.15) is 0 Å². The van der Waals surface area contributed by atoms with E-state index in [1.165, 1.54) is 0 Å². The van der Waals surface area contributed by atoms with Crippen LogP contribution >= 0.6 is 0 Å². The Morgan fingerprint density at radius 2 is 1.87 bits per heavy atom. The molecule has 2 rings (SSSR count). The van der Waals surface area contributed by atoms with Gasteiger partial charge in [0.15, 0.2) is 0 Å². The second kappa shape index (κ2) is 4.94. The topological polar surface area (TPSA) is 62.1 Å². The standard InChI is InChI=1S/C11H19NO3/c13-10-2-1-3-11(10)15-9-6-4-8(12-14)5-7-9/h9-11,13-14H,1-7H2. The minimum absolute atomic E-state index is 0.0441. The molecule has 2 atom stereocenters. The highest BCUT2D eigenvalue weighted by molar-refractivity contribution is 5.84. The Hall–Kier alpha value is -0.610. The molecule has 0 heterocycles. The lowest BCUT2D eigenvalue weighted by molar-refractivity contribution is -0.0677. The molecule has 0 bridgehead atoms. The molecule has 0 aliphatic heterocycles. The third-order valence-electron chi connectivity index (χ3n) is 3.44. The Balaban J connectivity index is 1.76. The van der Waals surface area contributed by atoms with Crippen molar-refractivity contribution in [3.8, 4) is 0 Å². The SMILES string of the molecule is ON=C1CCC(OC2CCCC2O)CC1. The first-order valence-electron chi connectivity index (χ1n) is 5.83. The molecule has 0 aromatic carbocycles. The van der Waals surface area contributed by atoms with Crippen molar-refractivity contribution in [3.05, 3.63) is 0 Å². The van der Waals surface area contributed by atoms with Crippen LogP contribution in [-0.2, 0) is 4.74 Å². The van der Waals surface area contributed by atoms with Gasteiger partial charge in [-0.1, -0.05) is 5.16 Å². The largest absolute Gasteiger partial charge is 0.411 e. The van der Waals surface area contributed by atoms with Crippen LogP contribution in [0.4, 0.5) is 0 Å². The quantitative estimate of drug-likeness (QED) is 0.542. The highest BCUT2D eigenvalue weighted by atomic mass is 16.5. The second-order valence-corrected chi connectivity index (χ2v) is 4.54.